The molecule has 1 amide bonds. The summed E-state index contributed by atoms with van der Waals surface area (Å²) in [5.41, 5.74) is 1.47. The number of nitrogens with zero attached hydrogens (tertiary/aromatic N) is 2. The summed E-state index contributed by atoms with van der Waals surface area (Å²) in [5.74, 6) is -0.240. The van der Waals surface area contributed by atoms with Crippen LogP contribution < -0.4 is 5.32 Å². The standard InChI is InChI=1S/C17H18ClN3O3/c1-10(22)14-15(18)21-13(9-19-14)11-5-7-12(8-6-11)20-16(23)24-17(2,3)4/h5-9H,1-4H3,(H,20,23). The molecule has 0 saturated carbocycles. The number of nitrogens with one attached hydrogen (secondary N) is 1. The highest BCUT2D eigenvalue weighted by atomic mass is 35.5. The summed E-state index contributed by atoms with van der Waals surface area (Å²) in [6, 6.07) is 6.96. The van der Waals surface area contributed by atoms with Gasteiger partial charge in [0.1, 0.15) is 11.3 Å². The molecule has 6 nitrogen and oxygen atoms in total. The topological polar surface area (TPSA) is 81.2 Å². The number of carbonyl (C=O) groups is 2. The Balaban J connectivity index is 2.13. The Kier molecular flexibility index (Phi) is 5.19. The van der Waals surface area contributed by atoms with Gasteiger partial charge in [-0.15, -0.1) is 0 Å². The van der Waals surface area contributed by atoms with Crippen LogP contribution in [0.5, 0.6) is 0 Å². The first kappa shape index (κ1) is 17.9. The highest BCUT2D eigenvalue weighted by molar-refractivity contribution is 6.32. The number of hydrogen-bond acceptors (Lipinski definition) is 5. The van der Waals surface area contributed by atoms with Crippen molar-refractivity contribution < 1.29 is 14.3 Å². The van der Waals surface area contributed by atoms with Crippen molar-refractivity contribution >= 4 is 29.2 Å². The van der Waals surface area contributed by atoms with Crippen LogP contribution in [0.3, 0.4) is 0 Å². The molecule has 7 heteroatoms. The number of benzene rings is 1. The fraction of sp³-hybridized carbons (Fsp3) is 0.294. The molecule has 0 fully saturated rings. The number of carbonyl (C=O) groups excluding carboxylic acids is 2. The first-order valence-corrected chi connectivity index (χ1v) is 7.67. The fourth-order valence-electron chi connectivity index (χ4n) is 1.89. The molecule has 126 valence electrons. The van der Waals surface area contributed by atoms with E-state index in [1.165, 1.54) is 13.1 Å². The van der Waals surface area contributed by atoms with Crippen molar-refractivity contribution in [3.8, 4) is 11.3 Å². The Morgan fingerprint density at radius 1 is 1.17 bits per heavy atom. The number of hydrogen-bond donors (Lipinski definition) is 1. The van der Waals surface area contributed by atoms with Gasteiger partial charge in [0, 0.05) is 18.2 Å². The van der Waals surface area contributed by atoms with Crippen molar-refractivity contribution in [1.82, 2.24) is 9.97 Å². The van der Waals surface area contributed by atoms with Crippen LogP contribution in [-0.2, 0) is 4.74 Å². The summed E-state index contributed by atoms with van der Waals surface area (Å²) >= 11 is 5.97. The predicted octanol–water partition coefficient (Wildman–Crippen LogP) is 4.35. The Labute approximate surface area is 145 Å². The zero-order valence-electron chi connectivity index (χ0n) is 13.9. The largest absolute Gasteiger partial charge is 0.444 e. The third kappa shape index (κ3) is 4.76. The summed E-state index contributed by atoms with van der Waals surface area (Å²) in [7, 11) is 0. The number of halogens is 1. The van der Waals surface area contributed by atoms with Crippen LogP contribution in [0.4, 0.5) is 10.5 Å². The fourth-order valence-corrected chi connectivity index (χ4v) is 2.16. The minimum absolute atomic E-state index is 0.0657. The summed E-state index contributed by atoms with van der Waals surface area (Å²) in [6.45, 7) is 6.76. The smallest absolute Gasteiger partial charge is 0.412 e. The van der Waals surface area contributed by atoms with E-state index in [-0.39, 0.29) is 16.6 Å². The number of Topliss-reactive ketones (excluding diaryl/α,β-unsaturated/α-hetero) is 1. The average Bonchev–Trinajstić information content (AvgIpc) is 2.45. The second kappa shape index (κ2) is 6.97. The molecule has 0 bridgehead atoms. The minimum Gasteiger partial charge on any atom is -0.444 e. The van der Waals surface area contributed by atoms with E-state index in [1.54, 1.807) is 45.0 Å². The van der Waals surface area contributed by atoms with Crippen LogP contribution in [0, 0.1) is 0 Å². The summed E-state index contributed by atoms with van der Waals surface area (Å²) in [4.78, 5) is 31.3. The van der Waals surface area contributed by atoms with E-state index in [1.807, 2.05) is 0 Å². The van der Waals surface area contributed by atoms with Gasteiger partial charge in [-0.1, -0.05) is 23.7 Å². The number of rotatable bonds is 3. The molecule has 0 spiro atoms. The van der Waals surface area contributed by atoms with Crippen molar-refractivity contribution in [2.45, 2.75) is 33.3 Å². The second-order valence-corrected chi connectivity index (χ2v) is 6.51. The maximum absolute atomic E-state index is 11.7. The molecular weight excluding hydrogens is 330 g/mol. The number of ether oxygens (including phenoxy) is 1. The quantitative estimate of drug-likeness (QED) is 0.835. The van der Waals surface area contributed by atoms with Crippen molar-refractivity contribution in [2.75, 3.05) is 5.32 Å². The van der Waals surface area contributed by atoms with Gasteiger partial charge in [0.15, 0.2) is 10.9 Å². The van der Waals surface area contributed by atoms with Crippen LogP contribution in [0.2, 0.25) is 5.15 Å². The molecule has 0 radical (unpaired) electrons. The van der Waals surface area contributed by atoms with Crippen LogP contribution >= 0.6 is 11.6 Å². The Hall–Kier alpha value is -2.47. The SMILES string of the molecule is CC(=O)c1ncc(-c2ccc(NC(=O)OC(C)(C)C)cc2)nc1Cl. The molecule has 1 aromatic carbocycles. The Morgan fingerprint density at radius 3 is 2.29 bits per heavy atom. The van der Waals surface area contributed by atoms with Crippen molar-refractivity contribution in [1.29, 1.82) is 0 Å². The van der Waals surface area contributed by atoms with Gasteiger partial charge in [-0.05, 0) is 32.9 Å². The maximum Gasteiger partial charge on any atom is 0.412 e. The van der Waals surface area contributed by atoms with E-state index in [0.717, 1.165) is 5.56 Å². The van der Waals surface area contributed by atoms with E-state index >= 15 is 0 Å². The van der Waals surface area contributed by atoms with Gasteiger partial charge in [-0.2, -0.15) is 0 Å². The van der Waals surface area contributed by atoms with E-state index in [0.29, 0.717) is 11.4 Å². The lowest BCUT2D eigenvalue weighted by Crippen LogP contribution is -2.27. The van der Waals surface area contributed by atoms with Gasteiger partial charge in [-0.25, -0.2) is 14.8 Å². The third-order valence-electron chi connectivity index (χ3n) is 2.89. The highest BCUT2D eigenvalue weighted by Crippen LogP contribution is 2.22. The van der Waals surface area contributed by atoms with Gasteiger partial charge in [0.05, 0.1) is 11.9 Å². The summed E-state index contributed by atoms with van der Waals surface area (Å²) < 4.78 is 5.19. The van der Waals surface area contributed by atoms with Gasteiger partial charge >= 0.3 is 6.09 Å². The Morgan fingerprint density at radius 2 is 1.79 bits per heavy atom. The average molecular weight is 348 g/mol. The molecule has 0 saturated heterocycles. The molecule has 1 aromatic heterocycles. The molecule has 1 N–H and O–H groups in total. The molecule has 2 aromatic rings. The van der Waals surface area contributed by atoms with Crippen molar-refractivity contribution in [3.05, 3.63) is 41.3 Å². The van der Waals surface area contributed by atoms with Gasteiger partial charge in [0.2, 0.25) is 0 Å². The maximum atomic E-state index is 11.7. The normalized spacial score (nSPS) is 11.0. The monoisotopic (exact) mass is 347 g/mol. The number of ketones is 1. The van der Waals surface area contributed by atoms with E-state index in [2.05, 4.69) is 15.3 Å². The molecule has 1 heterocycles. The zero-order valence-corrected chi connectivity index (χ0v) is 14.6. The predicted molar refractivity (Wildman–Crippen MR) is 92.3 cm³/mol. The van der Waals surface area contributed by atoms with Crippen LogP contribution in [-0.4, -0.2) is 27.4 Å². The molecule has 0 atom stereocenters. The number of amides is 1. The summed E-state index contributed by atoms with van der Waals surface area (Å²) in [6.07, 6.45) is 0.961. The Bertz CT molecular complexity index is 768. The van der Waals surface area contributed by atoms with Crippen LogP contribution in [0.15, 0.2) is 30.5 Å². The van der Waals surface area contributed by atoms with Crippen LogP contribution in [0.1, 0.15) is 38.2 Å². The molecule has 0 unspecified atom stereocenters. The molecule has 0 aliphatic rings. The molecule has 0 aliphatic carbocycles. The van der Waals surface area contributed by atoms with E-state index < -0.39 is 11.7 Å². The third-order valence-corrected chi connectivity index (χ3v) is 3.15. The lowest BCUT2D eigenvalue weighted by atomic mass is 10.1. The van der Waals surface area contributed by atoms with Crippen LogP contribution in [0.25, 0.3) is 11.3 Å². The first-order valence-electron chi connectivity index (χ1n) is 7.29. The molecular formula is C17H18ClN3O3. The number of anilines is 1. The van der Waals surface area contributed by atoms with Gasteiger partial charge in [0.25, 0.3) is 0 Å². The van der Waals surface area contributed by atoms with E-state index in [9.17, 15) is 9.59 Å². The summed E-state index contributed by atoms with van der Waals surface area (Å²) in [5, 5.41) is 2.71. The van der Waals surface area contributed by atoms with Crippen molar-refractivity contribution in [2.24, 2.45) is 0 Å². The molecule has 0 aliphatic heterocycles. The highest BCUT2D eigenvalue weighted by Gasteiger charge is 2.16. The lowest BCUT2D eigenvalue weighted by molar-refractivity contribution is 0.0635. The molecule has 2 rings (SSSR count). The molecule has 24 heavy (non-hydrogen) atoms. The first-order chi connectivity index (χ1) is 11.2. The minimum atomic E-state index is -0.561. The lowest BCUT2D eigenvalue weighted by Gasteiger charge is -2.19. The van der Waals surface area contributed by atoms with Crippen molar-refractivity contribution in [3.63, 3.8) is 0 Å². The second-order valence-electron chi connectivity index (χ2n) is 6.16. The van der Waals surface area contributed by atoms with Gasteiger partial charge in [-0.3, -0.25) is 10.1 Å². The van der Waals surface area contributed by atoms with Gasteiger partial charge < -0.3 is 4.74 Å². The van der Waals surface area contributed by atoms with E-state index in [4.69, 9.17) is 16.3 Å². The zero-order chi connectivity index (χ0) is 17.9. The number of aromatic nitrogens is 2.